The lowest BCUT2D eigenvalue weighted by Crippen LogP contribution is -2.12. The number of thioether (sulfide) groups is 1. The number of benzene rings is 2. The summed E-state index contributed by atoms with van der Waals surface area (Å²) >= 11 is 1.73. The maximum absolute atomic E-state index is 12.6. The van der Waals surface area contributed by atoms with Crippen LogP contribution >= 0.6 is 19.6 Å². The monoisotopic (exact) mass is 575 g/mol. The minimum Gasteiger partial charge on any atom is -0.494 e. The molecule has 39 heavy (non-hydrogen) atoms. The number of phosphoric ester groups is 1. The summed E-state index contributed by atoms with van der Waals surface area (Å²) < 4.78 is 29.1. The van der Waals surface area contributed by atoms with E-state index in [1.54, 1.807) is 23.9 Å². The van der Waals surface area contributed by atoms with Gasteiger partial charge in [-0.3, -0.25) is 9.42 Å². The van der Waals surface area contributed by atoms with Crippen molar-refractivity contribution in [1.82, 2.24) is 4.90 Å². The van der Waals surface area contributed by atoms with Crippen molar-refractivity contribution >= 4 is 19.6 Å². The molecule has 6 nitrogen and oxygen atoms in total. The largest absolute Gasteiger partial charge is 0.527 e. The van der Waals surface area contributed by atoms with Crippen molar-refractivity contribution < 1.29 is 23.2 Å². The maximum atomic E-state index is 12.6. The molecule has 0 aliphatic carbocycles. The minimum atomic E-state index is -4.27. The molecule has 2 aromatic rings. The predicted molar refractivity (Wildman–Crippen MR) is 162 cm³/mol. The highest BCUT2D eigenvalue weighted by molar-refractivity contribution is 8.02. The average Bonchev–Trinajstić information content (AvgIpc) is 3.43. The molecule has 1 aliphatic heterocycles. The number of hydrogen-bond donors (Lipinski definition) is 1. The Labute approximate surface area is 239 Å². The highest BCUT2D eigenvalue weighted by atomic mass is 32.2. The van der Waals surface area contributed by atoms with Gasteiger partial charge in [-0.15, -0.1) is 11.8 Å². The Hall–Kier alpha value is -1.92. The molecule has 1 unspecified atom stereocenters. The quantitative estimate of drug-likeness (QED) is 0.117. The topological polar surface area (TPSA) is 68.2 Å². The van der Waals surface area contributed by atoms with Gasteiger partial charge in [0, 0.05) is 12.7 Å². The number of hydrogen-bond acceptors (Lipinski definition) is 6. The lowest BCUT2D eigenvalue weighted by molar-refractivity contribution is 0.195. The van der Waals surface area contributed by atoms with Crippen molar-refractivity contribution in [3.63, 3.8) is 0 Å². The number of rotatable bonds is 21. The molecule has 2 aromatic carbocycles. The smallest absolute Gasteiger partial charge is 0.494 e. The van der Waals surface area contributed by atoms with E-state index < -0.39 is 7.82 Å². The number of nitrogens with zero attached hydrogens (tertiary/aromatic N) is 1. The van der Waals surface area contributed by atoms with Gasteiger partial charge >= 0.3 is 7.82 Å². The maximum Gasteiger partial charge on any atom is 0.527 e. The standard InChI is InChI=1S/C31H46NO5PS/c1-2-3-4-5-6-7-8-9-10-11-12-13-21-35-30-18-15-17-29(24-30)26-36-38(33,34)37-31-19-14-16-28(23-31)25-32-20-22-39-27-32/h14-20,22-24H,2-13,21,25-27H2,1H3,(H,33,34). The third-order valence-corrected chi connectivity index (χ3v) is 8.36. The van der Waals surface area contributed by atoms with Crippen LogP contribution in [0.2, 0.25) is 0 Å². The van der Waals surface area contributed by atoms with Crippen LogP contribution in [0.15, 0.2) is 60.1 Å². The fourth-order valence-corrected chi connectivity index (χ4v) is 5.98. The predicted octanol–water partition coefficient (Wildman–Crippen LogP) is 9.44. The molecule has 1 heterocycles. The van der Waals surface area contributed by atoms with E-state index in [0.29, 0.717) is 18.9 Å². The van der Waals surface area contributed by atoms with Gasteiger partial charge in [0.25, 0.3) is 0 Å². The summed E-state index contributed by atoms with van der Waals surface area (Å²) in [5.74, 6) is 1.96. The molecular weight excluding hydrogens is 529 g/mol. The van der Waals surface area contributed by atoms with E-state index in [1.807, 2.05) is 42.6 Å². The van der Waals surface area contributed by atoms with Crippen molar-refractivity contribution in [3.8, 4) is 11.5 Å². The first kappa shape index (κ1) is 31.6. The third kappa shape index (κ3) is 13.8. The highest BCUT2D eigenvalue weighted by Crippen LogP contribution is 2.45. The van der Waals surface area contributed by atoms with Crippen LogP contribution in [-0.2, 0) is 22.2 Å². The molecule has 3 rings (SSSR count). The Morgan fingerprint density at radius 1 is 0.846 bits per heavy atom. The second-order valence-electron chi connectivity index (χ2n) is 10.2. The zero-order valence-electron chi connectivity index (χ0n) is 23.5. The van der Waals surface area contributed by atoms with E-state index in [0.717, 1.165) is 29.2 Å². The van der Waals surface area contributed by atoms with E-state index >= 15 is 0 Å². The van der Waals surface area contributed by atoms with Gasteiger partial charge in [0.2, 0.25) is 0 Å². The van der Waals surface area contributed by atoms with E-state index in [2.05, 4.69) is 17.2 Å². The van der Waals surface area contributed by atoms with Crippen molar-refractivity contribution in [2.75, 3.05) is 12.5 Å². The van der Waals surface area contributed by atoms with Gasteiger partial charge in [0.05, 0.1) is 19.1 Å². The molecule has 0 saturated heterocycles. The lowest BCUT2D eigenvalue weighted by atomic mass is 10.1. The SMILES string of the molecule is CCCCCCCCCCCCCCOc1cccc(COP(=O)(O)Oc2cccc(CN3C=CSC3)c2)c1. The lowest BCUT2D eigenvalue weighted by Gasteiger charge is -2.17. The molecule has 0 aromatic heterocycles. The molecule has 0 amide bonds. The van der Waals surface area contributed by atoms with Gasteiger partial charge in [-0.25, -0.2) is 4.57 Å². The highest BCUT2D eigenvalue weighted by Gasteiger charge is 2.23. The number of ether oxygens (including phenoxy) is 1. The normalized spacial score (nSPS) is 14.5. The van der Waals surface area contributed by atoms with Crippen molar-refractivity contribution in [1.29, 1.82) is 0 Å². The first-order valence-electron chi connectivity index (χ1n) is 14.5. The molecule has 1 N–H and O–H groups in total. The van der Waals surface area contributed by atoms with Gasteiger partial charge in [-0.05, 0) is 47.2 Å². The summed E-state index contributed by atoms with van der Waals surface area (Å²) in [5, 5.41) is 2.05. The molecule has 8 heteroatoms. The van der Waals surface area contributed by atoms with Gasteiger partial charge in [0.1, 0.15) is 11.5 Å². The number of unbranched alkanes of at least 4 members (excludes halogenated alkanes) is 11. The van der Waals surface area contributed by atoms with Crippen molar-refractivity contribution in [2.45, 2.75) is 97.1 Å². The van der Waals surface area contributed by atoms with E-state index in [4.69, 9.17) is 13.8 Å². The molecule has 216 valence electrons. The zero-order chi connectivity index (χ0) is 27.6. The fourth-order valence-electron chi connectivity index (χ4n) is 4.52. The van der Waals surface area contributed by atoms with Crippen LogP contribution in [0.4, 0.5) is 0 Å². The summed E-state index contributed by atoms with van der Waals surface area (Å²) in [7, 11) is -4.27. The van der Waals surface area contributed by atoms with Crippen LogP contribution in [0.3, 0.4) is 0 Å². The van der Waals surface area contributed by atoms with Gasteiger partial charge in [-0.2, -0.15) is 0 Å². The summed E-state index contributed by atoms with van der Waals surface area (Å²) in [4.78, 5) is 12.4. The Kier molecular flexibility index (Phi) is 14.9. The third-order valence-electron chi connectivity index (χ3n) is 6.67. The molecule has 1 atom stereocenters. The van der Waals surface area contributed by atoms with Crippen LogP contribution in [0.5, 0.6) is 11.5 Å². The molecule has 0 fully saturated rings. The van der Waals surface area contributed by atoms with Crippen LogP contribution in [-0.4, -0.2) is 22.3 Å². The van der Waals surface area contributed by atoms with E-state index in [1.165, 1.54) is 70.6 Å². The molecular formula is C31H46NO5PS. The second kappa shape index (κ2) is 18.4. The Morgan fingerprint density at radius 3 is 2.13 bits per heavy atom. The molecule has 1 aliphatic rings. The molecule has 0 radical (unpaired) electrons. The Morgan fingerprint density at radius 2 is 1.46 bits per heavy atom. The van der Waals surface area contributed by atoms with E-state index in [-0.39, 0.29) is 6.61 Å². The summed E-state index contributed by atoms with van der Waals surface area (Å²) in [6.45, 7) is 3.61. The molecule has 0 bridgehead atoms. The van der Waals surface area contributed by atoms with Crippen LogP contribution < -0.4 is 9.26 Å². The van der Waals surface area contributed by atoms with Crippen molar-refractivity contribution in [3.05, 3.63) is 71.3 Å². The Bertz CT molecular complexity index is 1030. The minimum absolute atomic E-state index is 0.0426. The summed E-state index contributed by atoms with van der Waals surface area (Å²) in [6.07, 6.45) is 17.8. The van der Waals surface area contributed by atoms with Gasteiger partial charge in [-0.1, -0.05) is 102 Å². The Balaban J connectivity index is 1.28. The van der Waals surface area contributed by atoms with Crippen molar-refractivity contribution in [2.24, 2.45) is 0 Å². The number of phosphoric acid groups is 1. The van der Waals surface area contributed by atoms with Crippen LogP contribution in [0, 0.1) is 0 Å². The molecule has 0 spiro atoms. The van der Waals surface area contributed by atoms with E-state index in [9.17, 15) is 9.46 Å². The summed E-state index contributed by atoms with van der Waals surface area (Å²) in [5.41, 5.74) is 1.75. The first-order chi connectivity index (χ1) is 19.0. The first-order valence-corrected chi connectivity index (χ1v) is 17.1. The summed E-state index contributed by atoms with van der Waals surface area (Å²) in [6, 6.07) is 14.7. The van der Waals surface area contributed by atoms with Crippen LogP contribution in [0.1, 0.15) is 95.1 Å². The average molecular weight is 576 g/mol. The zero-order valence-corrected chi connectivity index (χ0v) is 25.2. The fraction of sp³-hybridized carbons (Fsp3) is 0.548. The van der Waals surface area contributed by atoms with Crippen LogP contribution in [0.25, 0.3) is 0 Å². The second-order valence-corrected chi connectivity index (χ2v) is 12.4. The van der Waals surface area contributed by atoms with Gasteiger partial charge in [0.15, 0.2) is 0 Å². The molecule has 0 saturated carbocycles. The van der Waals surface area contributed by atoms with Gasteiger partial charge < -0.3 is 14.2 Å².